The predicted octanol–water partition coefficient (Wildman–Crippen LogP) is 10.1. The van der Waals surface area contributed by atoms with Crippen molar-refractivity contribution in [2.24, 2.45) is 11.8 Å². The summed E-state index contributed by atoms with van der Waals surface area (Å²) >= 11 is 0. The third-order valence-corrected chi connectivity index (χ3v) is 9.66. The maximum atomic E-state index is 12.5. The number of nitrogens with one attached hydrogen (secondary N) is 1. The van der Waals surface area contributed by atoms with Crippen molar-refractivity contribution in [2.75, 3.05) is 66.4 Å². The smallest absolute Gasteiger partial charge is 0.305 e. The lowest BCUT2D eigenvalue weighted by molar-refractivity contribution is -0.152. The highest BCUT2D eigenvalue weighted by Crippen LogP contribution is 2.11. The molecule has 348 valence electrons. The van der Waals surface area contributed by atoms with E-state index in [0.717, 1.165) is 70.5 Å². The first kappa shape index (κ1) is 58.5. The van der Waals surface area contributed by atoms with Crippen LogP contribution in [0.2, 0.25) is 0 Å². The summed E-state index contributed by atoms with van der Waals surface area (Å²) in [5.74, 6) is -1.43. The molecule has 2 unspecified atom stereocenters. The number of hydrogen-bond acceptors (Lipinski definition) is 12. The number of carbonyl (C=O) groups excluding carboxylic acids is 5. The van der Waals surface area contributed by atoms with E-state index in [1.807, 2.05) is 6.92 Å². The lowest BCUT2D eigenvalue weighted by atomic mass is 10.1. The van der Waals surface area contributed by atoms with Gasteiger partial charge in [0.05, 0.1) is 51.5 Å². The van der Waals surface area contributed by atoms with Crippen molar-refractivity contribution < 1.29 is 52.4 Å². The first-order valence-corrected chi connectivity index (χ1v) is 23.6. The maximum Gasteiger partial charge on any atom is 0.305 e. The Balaban J connectivity index is 0. The van der Waals surface area contributed by atoms with Crippen LogP contribution in [-0.2, 0) is 52.4 Å². The van der Waals surface area contributed by atoms with Gasteiger partial charge in [-0.3, -0.25) is 19.2 Å². The van der Waals surface area contributed by atoms with Crippen LogP contribution in [0, 0.1) is 11.8 Å². The Bertz CT molecular complexity index is 964. The van der Waals surface area contributed by atoms with Gasteiger partial charge in [0.1, 0.15) is 6.29 Å². The fourth-order valence-corrected chi connectivity index (χ4v) is 5.95. The first-order chi connectivity index (χ1) is 28.8. The molecule has 0 rings (SSSR count). The van der Waals surface area contributed by atoms with Crippen molar-refractivity contribution in [3.8, 4) is 0 Å². The van der Waals surface area contributed by atoms with Gasteiger partial charge in [-0.2, -0.15) is 0 Å². The van der Waals surface area contributed by atoms with Crippen LogP contribution >= 0.6 is 0 Å². The Morgan fingerprint density at radius 2 is 0.797 bits per heavy atom. The zero-order valence-electron chi connectivity index (χ0n) is 38.5. The molecular formula is C47H89NO11. The molecule has 0 aliphatic heterocycles. The lowest BCUT2D eigenvalue weighted by Crippen LogP contribution is -2.26. The van der Waals surface area contributed by atoms with E-state index < -0.39 is 0 Å². The molecule has 12 nitrogen and oxygen atoms in total. The van der Waals surface area contributed by atoms with Crippen LogP contribution in [0.5, 0.6) is 0 Å². The quantitative estimate of drug-likeness (QED) is 0.0269. The molecule has 59 heavy (non-hydrogen) atoms. The molecule has 0 bridgehead atoms. The van der Waals surface area contributed by atoms with Crippen molar-refractivity contribution >= 4 is 30.2 Å². The van der Waals surface area contributed by atoms with Gasteiger partial charge in [-0.1, -0.05) is 124 Å². The standard InChI is InChI=1S/C43H81NO10.C4H8O/c1-5-8-11-14-16-19-22-31-50-33-39(36-53-41(46)26-21-18-15-12-9-6-2)37-54-43(48)28-24-30-44-29-23-27-42(47)52-35-38(32-49-4)34-51-40(45)25-20-17-13-10-7-3;1-2-3-4-5/h38-39,44H,5-37H2,1-4H3;4H,2-3H2,1H3. The van der Waals surface area contributed by atoms with E-state index in [1.165, 1.54) is 57.8 Å². The molecule has 0 amide bonds. The molecule has 12 heteroatoms. The molecule has 0 spiro atoms. The molecule has 0 aromatic heterocycles. The summed E-state index contributed by atoms with van der Waals surface area (Å²) in [5.41, 5.74) is 0. The summed E-state index contributed by atoms with van der Waals surface area (Å²) in [6.07, 6.45) is 25.6. The maximum absolute atomic E-state index is 12.5. The Kier molecular flexibility index (Phi) is 47.7. The van der Waals surface area contributed by atoms with Crippen molar-refractivity contribution in [1.29, 1.82) is 0 Å². The van der Waals surface area contributed by atoms with E-state index in [2.05, 4.69) is 26.1 Å². The molecule has 0 aliphatic rings. The number of aldehydes is 1. The van der Waals surface area contributed by atoms with Crippen LogP contribution in [-0.4, -0.2) is 96.6 Å². The second-order valence-corrected chi connectivity index (χ2v) is 15.7. The zero-order chi connectivity index (χ0) is 43.9. The van der Waals surface area contributed by atoms with Gasteiger partial charge in [0.25, 0.3) is 0 Å². The number of hydrogen-bond donors (Lipinski definition) is 1. The van der Waals surface area contributed by atoms with Gasteiger partial charge >= 0.3 is 23.9 Å². The van der Waals surface area contributed by atoms with Crippen LogP contribution in [0.25, 0.3) is 0 Å². The second kappa shape index (κ2) is 48.1. The molecule has 0 radical (unpaired) electrons. The fraction of sp³-hybridized carbons (Fsp3) is 0.894. The molecule has 1 N–H and O–H groups in total. The van der Waals surface area contributed by atoms with E-state index in [4.69, 9.17) is 28.4 Å². The van der Waals surface area contributed by atoms with Crippen molar-refractivity contribution in [1.82, 2.24) is 5.32 Å². The minimum absolute atomic E-state index is 0.139. The molecular weight excluding hydrogens is 755 g/mol. The molecule has 0 heterocycles. The third-order valence-electron chi connectivity index (χ3n) is 9.66. The summed E-state index contributed by atoms with van der Waals surface area (Å²) in [6, 6.07) is 0. The number of ether oxygens (including phenoxy) is 6. The highest BCUT2D eigenvalue weighted by Gasteiger charge is 2.17. The highest BCUT2D eigenvalue weighted by molar-refractivity contribution is 5.70. The third kappa shape index (κ3) is 46.3. The average Bonchev–Trinajstić information content (AvgIpc) is 3.23. The minimum Gasteiger partial charge on any atom is -0.465 e. The van der Waals surface area contributed by atoms with E-state index >= 15 is 0 Å². The van der Waals surface area contributed by atoms with Gasteiger partial charge < -0.3 is 38.5 Å². The molecule has 0 aromatic carbocycles. The second-order valence-electron chi connectivity index (χ2n) is 15.7. The number of unbranched alkanes of at least 4 members (excludes halogenated alkanes) is 16. The Labute approximate surface area is 360 Å². The Morgan fingerprint density at radius 1 is 0.441 bits per heavy atom. The molecule has 0 fully saturated rings. The Morgan fingerprint density at radius 3 is 1.15 bits per heavy atom. The van der Waals surface area contributed by atoms with Gasteiger partial charge in [-0.25, -0.2) is 0 Å². The van der Waals surface area contributed by atoms with Gasteiger partial charge in [-0.05, 0) is 51.6 Å². The van der Waals surface area contributed by atoms with Crippen LogP contribution in [0.1, 0.15) is 195 Å². The lowest BCUT2D eigenvalue weighted by Gasteiger charge is -2.18. The first-order valence-electron chi connectivity index (χ1n) is 23.6. The number of carbonyl (C=O) groups is 5. The summed E-state index contributed by atoms with van der Waals surface area (Å²) in [6.45, 7) is 11.8. The van der Waals surface area contributed by atoms with Gasteiger partial charge in [0.2, 0.25) is 0 Å². The molecule has 2 atom stereocenters. The molecule has 0 saturated carbocycles. The minimum atomic E-state index is -0.308. The number of esters is 4. The van der Waals surface area contributed by atoms with E-state index in [-0.39, 0.29) is 75.0 Å². The van der Waals surface area contributed by atoms with Crippen molar-refractivity contribution in [3.63, 3.8) is 0 Å². The van der Waals surface area contributed by atoms with Gasteiger partial charge in [0.15, 0.2) is 0 Å². The van der Waals surface area contributed by atoms with E-state index in [1.54, 1.807) is 7.11 Å². The van der Waals surface area contributed by atoms with Crippen molar-refractivity contribution in [3.05, 3.63) is 0 Å². The fourth-order valence-electron chi connectivity index (χ4n) is 5.95. The van der Waals surface area contributed by atoms with Crippen LogP contribution in [0.3, 0.4) is 0 Å². The summed E-state index contributed by atoms with van der Waals surface area (Å²) in [5, 5.41) is 3.26. The van der Waals surface area contributed by atoms with Gasteiger partial charge in [0, 0.05) is 45.8 Å². The molecule has 0 aromatic rings. The largest absolute Gasteiger partial charge is 0.465 e. The van der Waals surface area contributed by atoms with Gasteiger partial charge in [-0.15, -0.1) is 0 Å². The molecule has 0 saturated heterocycles. The summed E-state index contributed by atoms with van der Waals surface area (Å²) in [7, 11) is 1.57. The highest BCUT2D eigenvalue weighted by atomic mass is 16.6. The number of methoxy groups -OCH3 is 1. The summed E-state index contributed by atoms with van der Waals surface area (Å²) in [4.78, 5) is 58.5. The number of rotatable bonds is 43. The van der Waals surface area contributed by atoms with Crippen LogP contribution in [0.15, 0.2) is 0 Å². The molecule has 0 aliphatic carbocycles. The Hall–Kier alpha value is -2.57. The van der Waals surface area contributed by atoms with Crippen LogP contribution < -0.4 is 5.32 Å². The monoisotopic (exact) mass is 844 g/mol. The predicted molar refractivity (Wildman–Crippen MR) is 235 cm³/mol. The van der Waals surface area contributed by atoms with E-state index in [0.29, 0.717) is 65.0 Å². The van der Waals surface area contributed by atoms with Crippen molar-refractivity contribution in [2.45, 2.75) is 195 Å². The van der Waals surface area contributed by atoms with Crippen LogP contribution in [0.4, 0.5) is 0 Å². The topological polar surface area (TPSA) is 153 Å². The zero-order valence-corrected chi connectivity index (χ0v) is 38.5. The summed E-state index contributed by atoms with van der Waals surface area (Å²) < 4.78 is 33.0. The van der Waals surface area contributed by atoms with E-state index in [9.17, 15) is 24.0 Å². The normalized spacial score (nSPS) is 11.9. The SMILES string of the molecule is CCCC=O.CCCCCCCCCOCC(COC(=O)CCCCCCCC)COC(=O)CCCNCCCC(=O)OCC(COC)COC(=O)CCCCCCC. The average molecular weight is 844 g/mol.